The molecule has 2 unspecified atom stereocenters. The van der Waals surface area contributed by atoms with Crippen molar-refractivity contribution < 1.29 is 14.1 Å². The Kier molecular flexibility index (Phi) is 4.54. The number of hydrogen-bond acceptors (Lipinski definition) is 5. The second-order valence-electron chi connectivity index (χ2n) is 6.83. The molecule has 1 aromatic carbocycles. The van der Waals surface area contributed by atoms with E-state index < -0.39 is 12.0 Å². The van der Waals surface area contributed by atoms with Crippen molar-refractivity contribution in [1.29, 1.82) is 0 Å². The summed E-state index contributed by atoms with van der Waals surface area (Å²) < 4.78 is 5.77. The summed E-state index contributed by atoms with van der Waals surface area (Å²) in [5.41, 5.74) is 8.89. The van der Waals surface area contributed by atoms with Crippen molar-refractivity contribution in [2.24, 2.45) is 21.6 Å². The highest BCUT2D eigenvalue weighted by molar-refractivity contribution is 6.01. The van der Waals surface area contributed by atoms with Gasteiger partial charge in [-0.1, -0.05) is 37.6 Å². The number of primary amides is 1. The molecule has 0 saturated heterocycles. The second kappa shape index (κ2) is 7.03. The van der Waals surface area contributed by atoms with Gasteiger partial charge in [0.05, 0.1) is 18.0 Å². The van der Waals surface area contributed by atoms with Gasteiger partial charge in [-0.25, -0.2) is 0 Å². The number of carbonyl (C=O) groups is 1. The molecule has 0 radical (unpaired) electrons. The molecule has 142 valence electrons. The topological polar surface area (TPSA) is 103 Å². The number of benzene rings is 1. The van der Waals surface area contributed by atoms with Crippen LogP contribution in [-0.4, -0.2) is 28.7 Å². The molecule has 3 aliphatic rings. The number of rotatable bonds is 7. The van der Waals surface area contributed by atoms with Crippen LogP contribution in [-0.2, 0) is 4.79 Å². The molecule has 2 aliphatic heterocycles. The van der Waals surface area contributed by atoms with Crippen LogP contribution in [0.1, 0.15) is 25.3 Å². The lowest BCUT2D eigenvalue weighted by Gasteiger charge is -2.26. The summed E-state index contributed by atoms with van der Waals surface area (Å²) >= 11 is 0. The molecule has 4 N–H and O–H groups in total. The minimum atomic E-state index is -0.664. The van der Waals surface area contributed by atoms with Gasteiger partial charge in [0.1, 0.15) is 17.6 Å². The maximum atomic E-state index is 11.6. The van der Waals surface area contributed by atoms with Gasteiger partial charge in [0, 0.05) is 5.57 Å². The minimum absolute atomic E-state index is 0.0678. The molecule has 1 aliphatic carbocycles. The first kappa shape index (κ1) is 18.1. The predicted octanol–water partition coefficient (Wildman–Crippen LogP) is 2.43. The number of nitrogens with two attached hydrogens (primary N) is 2. The molecule has 0 spiro atoms. The smallest absolute Gasteiger partial charge is 0.265 e. The summed E-state index contributed by atoms with van der Waals surface area (Å²) in [5.74, 6) is 7.44. The normalized spacial score (nSPS) is 23.1. The van der Waals surface area contributed by atoms with Crippen molar-refractivity contribution in [2.75, 3.05) is 0 Å². The van der Waals surface area contributed by atoms with Crippen LogP contribution in [0.4, 0.5) is 0 Å². The second-order valence-corrected chi connectivity index (χ2v) is 6.83. The van der Waals surface area contributed by atoms with E-state index in [9.17, 15) is 4.79 Å². The van der Waals surface area contributed by atoms with Gasteiger partial charge in [0.2, 0.25) is 5.70 Å². The van der Waals surface area contributed by atoms with Crippen molar-refractivity contribution >= 4 is 18.0 Å². The van der Waals surface area contributed by atoms with Crippen LogP contribution in [0.5, 0.6) is 5.75 Å². The highest BCUT2D eigenvalue weighted by atomic mass is 16.5. The van der Waals surface area contributed by atoms with E-state index in [4.69, 9.17) is 21.3 Å². The minimum Gasteiger partial charge on any atom is -0.481 e. The van der Waals surface area contributed by atoms with Crippen molar-refractivity contribution in [3.63, 3.8) is 0 Å². The highest BCUT2D eigenvalue weighted by Crippen LogP contribution is 2.36. The standard InChI is InChI=1S/C21H21N5O2/c1-2-5-18(20(22)27)28-16-9-4-8-15(12-16)21-25-19(14-6-3-7-14)17-13-24-10-11-26(17,21)23/h3-4,6-13,18H,2,5,23H2,1H3,(H-,22,27)/p+1. The lowest BCUT2D eigenvalue weighted by atomic mass is 10.0. The number of ether oxygens (including phenoxy) is 1. The number of amides is 1. The van der Waals surface area contributed by atoms with Crippen LogP contribution in [0.3, 0.4) is 0 Å². The SMILES string of the molecule is CCCC(Oc1cccc(C2=NC(C3=CC=C3)=C3C=NC=C[N+]23N)c1)C(N)=O. The molecule has 28 heavy (non-hydrogen) atoms. The Hall–Kier alpha value is -3.29. The molecule has 0 aromatic heterocycles. The van der Waals surface area contributed by atoms with E-state index in [1.165, 1.54) is 0 Å². The molecule has 0 fully saturated rings. The van der Waals surface area contributed by atoms with E-state index >= 15 is 0 Å². The van der Waals surface area contributed by atoms with E-state index in [2.05, 4.69) is 4.99 Å². The van der Waals surface area contributed by atoms with Gasteiger partial charge in [-0.05, 0) is 24.6 Å². The predicted molar refractivity (Wildman–Crippen MR) is 108 cm³/mol. The fourth-order valence-corrected chi connectivity index (χ4v) is 3.34. The summed E-state index contributed by atoms with van der Waals surface area (Å²) in [6.07, 6.45) is 11.8. The number of quaternary nitrogens is 1. The van der Waals surface area contributed by atoms with Crippen LogP contribution >= 0.6 is 0 Å². The molecule has 1 amide bonds. The lowest BCUT2D eigenvalue weighted by Crippen LogP contribution is -2.53. The number of carbonyl (C=O) groups excluding carboxylic acids is 1. The number of hydrogen-bond donors (Lipinski definition) is 2. The summed E-state index contributed by atoms with van der Waals surface area (Å²) in [7, 11) is 0. The van der Waals surface area contributed by atoms with Gasteiger partial charge in [-0.3, -0.25) is 9.79 Å². The van der Waals surface area contributed by atoms with E-state index in [0.29, 0.717) is 18.0 Å². The molecule has 2 atom stereocenters. The fourth-order valence-electron chi connectivity index (χ4n) is 3.34. The van der Waals surface area contributed by atoms with Gasteiger partial charge < -0.3 is 10.5 Å². The Morgan fingerprint density at radius 1 is 1.36 bits per heavy atom. The first-order valence-corrected chi connectivity index (χ1v) is 9.20. The van der Waals surface area contributed by atoms with Crippen molar-refractivity contribution in [2.45, 2.75) is 25.9 Å². The van der Waals surface area contributed by atoms with E-state index in [-0.39, 0.29) is 4.59 Å². The van der Waals surface area contributed by atoms with Crippen LogP contribution in [0.15, 0.2) is 81.8 Å². The zero-order chi connectivity index (χ0) is 19.7. The monoisotopic (exact) mass is 376 g/mol. The third-order valence-electron chi connectivity index (χ3n) is 4.86. The van der Waals surface area contributed by atoms with E-state index in [1.54, 1.807) is 24.7 Å². The average Bonchev–Trinajstić information content (AvgIpc) is 2.93. The van der Waals surface area contributed by atoms with Gasteiger partial charge in [-0.2, -0.15) is 10.8 Å². The van der Waals surface area contributed by atoms with Crippen LogP contribution in [0.2, 0.25) is 0 Å². The highest BCUT2D eigenvalue weighted by Gasteiger charge is 2.44. The molecular weight excluding hydrogens is 354 g/mol. The third kappa shape index (κ3) is 3.00. The summed E-state index contributed by atoms with van der Waals surface area (Å²) in [6.45, 7) is 1.98. The molecule has 0 saturated carbocycles. The average molecular weight is 376 g/mol. The Morgan fingerprint density at radius 2 is 2.18 bits per heavy atom. The quantitative estimate of drug-likeness (QED) is 0.564. The molecule has 2 heterocycles. The van der Waals surface area contributed by atoms with Crippen molar-refractivity contribution in [1.82, 2.24) is 0 Å². The van der Waals surface area contributed by atoms with Gasteiger partial charge in [-0.15, -0.1) is 4.59 Å². The largest absolute Gasteiger partial charge is 0.481 e. The molecule has 1 aromatic rings. The molecule has 7 heteroatoms. The Morgan fingerprint density at radius 3 is 2.86 bits per heavy atom. The number of fused-ring (bicyclic) bond motifs is 1. The van der Waals surface area contributed by atoms with Gasteiger partial charge in [0.25, 0.3) is 11.7 Å². The maximum Gasteiger partial charge on any atom is 0.265 e. The van der Waals surface area contributed by atoms with Gasteiger partial charge in [0.15, 0.2) is 6.10 Å². The number of amidine groups is 1. The molecule has 4 rings (SSSR count). The zero-order valence-electron chi connectivity index (χ0n) is 15.6. The van der Waals surface area contributed by atoms with E-state index in [1.807, 2.05) is 43.4 Å². The number of nitrogens with zero attached hydrogens (tertiary/aromatic N) is 3. The number of allylic oxidation sites excluding steroid dienone is 4. The Balaban J connectivity index is 1.69. The van der Waals surface area contributed by atoms with E-state index in [0.717, 1.165) is 29.0 Å². The molecule has 0 bridgehead atoms. The zero-order valence-corrected chi connectivity index (χ0v) is 15.6. The fraction of sp³-hybridized carbons (Fsp3) is 0.190. The van der Waals surface area contributed by atoms with Crippen LogP contribution in [0.25, 0.3) is 0 Å². The molecule has 7 nitrogen and oxygen atoms in total. The van der Waals surface area contributed by atoms with Crippen molar-refractivity contribution in [3.05, 3.63) is 77.4 Å². The molecular formula is C21H22N5O2+. The third-order valence-corrected chi connectivity index (χ3v) is 4.86. The van der Waals surface area contributed by atoms with Crippen LogP contribution < -0.4 is 16.3 Å². The summed E-state index contributed by atoms with van der Waals surface area (Å²) in [6, 6.07) is 7.40. The maximum absolute atomic E-state index is 11.6. The Bertz CT molecular complexity index is 1020. The van der Waals surface area contributed by atoms with Crippen molar-refractivity contribution in [3.8, 4) is 5.75 Å². The van der Waals surface area contributed by atoms with Crippen LogP contribution in [0, 0.1) is 0 Å². The Labute approximate surface area is 163 Å². The summed E-state index contributed by atoms with van der Waals surface area (Å²) in [4.78, 5) is 20.7. The van der Waals surface area contributed by atoms with Gasteiger partial charge >= 0.3 is 0 Å². The summed E-state index contributed by atoms with van der Waals surface area (Å²) in [5, 5.41) is 0. The first-order chi connectivity index (χ1) is 13.5. The first-order valence-electron chi connectivity index (χ1n) is 9.20. The number of aliphatic imine (C=N–C) groups is 2. The lowest BCUT2D eigenvalue weighted by molar-refractivity contribution is -0.750.